The molecule has 3 rings (SSSR count). The van der Waals surface area contributed by atoms with Crippen LogP contribution in [0.15, 0.2) is 64.2 Å². The van der Waals surface area contributed by atoms with Crippen LogP contribution in [-0.2, 0) is 24.2 Å². The van der Waals surface area contributed by atoms with E-state index in [9.17, 15) is 19.5 Å². The molecule has 0 bridgehead atoms. The van der Waals surface area contributed by atoms with Gasteiger partial charge in [-0.15, -0.1) is 0 Å². The number of hydrogen-bond acceptors (Lipinski definition) is 4. The number of carbonyl (C=O) groups is 1. The van der Waals surface area contributed by atoms with Crippen LogP contribution in [-0.4, -0.2) is 32.4 Å². The summed E-state index contributed by atoms with van der Waals surface area (Å²) >= 11 is 0. The molecule has 0 radical (unpaired) electrons. The minimum atomic E-state index is -0.827. The average Bonchev–Trinajstić information content (AvgIpc) is 2.78. The second-order valence-electron chi connectivity index (χ2n) is 7.88. The molecule has 0 aliphatic rings. The number of aromatic nitrogens is 2. The lowest BCUT2D eigenvalue weighted by Crippen LogP contribution is -2.35. The van der Waals surface area contributed by atoms with Crippen molar-refractivity contribution in [2.75, 3.05) is 6.54 Å². The molecule has 7 heteroatoms. The Morgan fingerprint density at radius 2 is 1.69 bits per heavy atom. The molecule has 0 aliphatic heterocycles. The molecule has 1 amide bonds. The van der Waals surface area contributed by atoms with Gasteiger partial charge in [0.05, 0.1) is 12.6 Å². The van der Waals surface area contributed by atoms with Crippen LogP contribution < -0.4 is 11.2 Å². The number of rotatable bonds is 9. The second-order valence-corrected chi connectivity index (χ2v) is 7.88. The van der Waals surface area contributed by atoms with Gasteiger partial charge >= 0.3 is 5.69 Å². The van der Waals surface area contributed by atoms with Gasteiger partial charge in [0.25, 0.3) is 5.56 Å². The monoisotopic (exact) mass is 435 g/mol. The summed E-state index contributed by atoms with van der Waals surface area (Å²) in [6.07, 6.45) is 0.373. The normalized spacial score (nSPS) is 11.8. The van der Waals surface area contributed by atoms with E-state index in [1.54, 1.807) is 11.8 Å². The number of benzene rings is 2. The van der Waals surface area contributed by atoms with Gasteiger partial charge in [0, 0.05) is 24.2 Å². The molecular weight excluding hydrogens is 406 g/mol. The summed E-state index contributed by atoms with van der Waals surface area (Å²) in [5, 5.41) is 10.8. The third-order valence-electron chi connectivity index (χ3n) is 5.58. The van der Waals surface area contributed by atoms with E-state index in [1.165, 1.54) is 5.56 Å². The van der Waals surface area contributed by atoms with Crippen molar-refractivity contribution < 1.29 is 9.90 Å². The number of carbonyl (C=O) groups excluding carboxylic acids is 1. The smallest absolute Gasteiger partial charge is 0.325 e. The van der Waals surface area contributed by atoms with Gasteiger partial charge < -0.3 is 15.0 Å². The van der Waals surface area contributed by atoms with Gasteiger partial charge in [-0.25, -0.2) is 4.79 Å². The molecular formula is C25H29N3O4. The Kier molecular flexibility index (Phi) is 7.78. The van der Waals surface area contributed by atoms with E-state index in [0.717, 1.165) is 17.5 Å². The maximum Gasteiger partial charge on any atom is 0.325 e. The van der Waals surface area contributed by atoms with Gasteiger partial charge in [-0.05, 0) is 36.5 Å². The Morgan fingerprint density at radius 3 is 2.31 bits per heavy atom. The average molecular weight is 436 g/mol. The number of aryl methyl sites for hydroxylation is 2. The molecule has 1 aromatic heterocycles. The van der Waals surface area contributed by atoms with Crippen molar-refractivity contribution in [3.63, 3.8) is 0 Å². The SMILES string of the molecule is CCc1ccc(C(O)CN(Cc2ccccc2)C(=O)CCc2c(C)[nH]c(=O)[nH]c2=O)cc1. The Balaban J connectivity index is 1.76. The fraction of sp³-hybridized carbons (Fsp3) is 0.320. The fourth-order valence-corrected chi connectivity index (χ4v) is 3.66. The highest BCUT2D eigenvalue weighted by atomic mass is 16.3. The number of amides is 1. The van der Waals surface area contributed by atoms with E-state index in [0.29, 0.717) is 17.8 Å². The number of nitrogens with zero attached hydrogens (tertiary/aromatic N) is 1. The molecule has 0 spiro atoms. The fourth-order valence-electron chi connectivity index (χ4n) is 3.66. The zero-order valence-electron chi connectivity index (χ0n) is 18.4. The van der Waals surface area contributed by atoms with Crippen LogP contribution in [0.5, 0.6) is 0 Å². The first-order valence-electron chi connectivity index (χ1n) is 10.8. The summed E-state index contributed by atoms with van der Waals surface area (Å²) in [5.41, 5.74) is 2.67. The molecule has 2 aromatic carbocycles. The van der Waals surface area contributed by atoms with E-state index in [4.69, 9.17) is 0 Å². The largest absolute Gasteiger partial charge is 0.387 e. The maximum absolute atomic E-state index is 13.1. The van der Waals surface area contributed by atoms with E-state index in [2.05, 4.69) is 16.9 Å². The minimum absolute atomic E-state index is 0.0876. The lowest BCUT2D eigenvalue weighted by molar-refractivity contribution is -0.133. The summed E-state index contributed by atoms with van der Waals surface area (Å²) in [7, 11) is 0. The standard InChI is InChI=1S/C25H29N3O4/c1-3-18-9-11-20(12-10-18)22(29)16-28(15-19-7-5-4-6-8-19)23(30)14-13-21-17(2)26-25(32)27-24(21)31/h4-12,22,29H,3,13-16H2,1-2H3,(H2,26,27,31,32). The van der Waals surface area contributed by atoms with Crippen LogP contribution in [0.25, 0.3) is 0 Å². The molecule has 1 unspecified atom stereocenters. The van der Waals surface area contributed by atoms with Crippen molar-refractivity contribution in [3.8, 4) is 0 Å². The first kappa shape index (κ1) is 23.2. The summed E-state index contributed by atoms with van der Waals surface area (Å²) in [6.45, 7) is 4.20. The van der Waals surface area contributed by atoms with Gasteiger partial charge in [0.1, 0.15) is 0 Å². The number of aromatic amines is 2. The van der Waals surface area contributed by atoms with Crippen molar-refractivity contribution in [1.29, 1.82) is 0 Å². The quantitative estimate of drug-likeness (QED) is 0.480. The number of nitrogens with one attached hydrogen (secondary N) is 2. The molecule has 0 fully saturated rings. The molecule has 0 aliphatic carbocycles. The van der Waals surface area contributed by atoms with Gasteiger partial charge in [-0.2, -0.15) is 0 Å². The molecule has 0 saturated heterocycles. The van der Waals surface area contributed by atoms with Crippen molar-refractivity contribution in [2.24, 2.45) is 0 Å². The predicted molar refractivity (Wildman–Crippen MR) is 123 cm³/mol. The molecule has 168 valence electrons. The predicted octanol–water partition coefficient (Wildman–Crippen LogP) is 2.63. The molecule has 3 aromatic rings. The molecule has 32 heavy (non-hydrogen) atoms. The topological polar surface area (TPSA) is 106 Å². The van der Waals surface area contributed by atoms with Gasteiger partial charge in [-0.1, -0.05) is 61.5 Å². The van der Waals surface area contributed by atoms with Crippen molar-refractivity contribution in [1.82, 2.24) is 14.9 Å². The summed E-state index contributed by atoms with van der Waals surface area (Å²) in [6, 6.07) is 17.3. The number of H-pyrrole nitrogens is 2. The van der Waals surface area contributed by atoms with E-state index < -0.39 is 17.4 Å². The third-order valence-corrected chi connectivity index (χ3v) is 5.58. The zero-order chi connectivity index (χ0) is 23.1. The second kappa shape index (κ2) is 10.7. The van der Waals surface area contributed by atoms with Crippen molar-refractivity contribution >= 4 is 5.91 Å². The Hall–Kier alpha value is -3.45. The van der Waals surface area contributed by atoms with Crippen LogP contribution in [0, 0.1) is 6.92 Å². The van der Waals surface area contributed by atoms with Crippen LogP contribution in [0.3, 0.4) is 0 Å². The molecule has 3 N–H and O–H groups in total. The van der Waals surface area contributed by atoms with Gasteiger partial charge in [0.15, 0.2) is 0 Å². The maximum atomic E-state index is 13.1. The van der Waals surface area contributed by atoms with Gasteiger partial charge in [-0.3, -0.25) is 14.6 Å². The summed E-state index contributed by atoms with van der Waals surface area (Å²) < 4.78 is 0. The van der Waals surface area contributed by atoms with Crippen molar-refractivity contribution in [2.45, 2.75) is 45.8 Å². The lowest BCUT2D eigenvalue weighted by Gasteiger charge is -2.26. The molecule has 1 atom stereocenters. The third kappa shape index (κ3) is 6.04. The number of aliphatic hydroxyl groups is 1. The molecule has 1 heterocycles. The van der Waals surface area contributed by atoms with Crippen LogP contribution in [0.2, 0.25) is 0 Å². The first-order valence-corrected chi connectivity index (χ1v) is 10.8. The molecule has 0 saturated carbocycles. The Labute approximate surface area is 186 Å². The number of hydrogen-bond donors (Lipinski definition) is 3. The minimum Gasteiger partial charge on any atom is -0.387 e. The summed E-state index contributed by atoms with van der Waals surface area (Å²) in [5.74, 6) is -0.178. The van der Waals surface area contributed by atoms with E-state index in [-0.39, 0.29) is 25.3 Å². The summed E-state index contributed by atoms with van der Waals surface area (Å²) in [4.78, 5) is 43.0. The number of aliphatic hydroxyl groups excluding tert-OH is 1. The van der Waals surface area contributed by atoms with Crippen LogP contribution >= 0.6 is 0 Å². The Morgan fingerprint density at radius 1 is 1.00 bits per heavy atom. The van der Waals surface area contributed by atoms with Gasteiger partial charge in [0.2, 0.25) is 5.91 Å². The zero-order valence-corrected chi connectivity index (χ0v) is 18.4. The first-order chi connectivity index (χ1) is 15.4. The highest BCUT2D eigenvalue weighted by Crippen LogP contribution is 2.18. The Bertz CT molecular complexity index is 1150. The highest BCUT2D eigenvalue weighted by molar-refractivity contribution is 5.76. The molecule has 7 nitrogen and oxygen atoms in total. The van der Waals surface area contributed by atoms with Crippen LogP contribution in [0.1, 0.15) is 47.4 Å². The lowest BCUT2D eigenvalue weighted by atomic mass is 10.0. The highest BCUT2D eigenvalue weighted by Gasteiger charge is 2.20. The van der Waals surface area contributed by atoms with E-state index in [1.807, 2.05) is 54.6 Å². The van der Waals surface area contributed by atoms with Crippen LogP contribution in [0.4, 0.5) is 0 Å². The van der Waals surface area contributed by atoms with E-state index >= 15 is 0 Å². The van der Waals surface area contributed by atoms with Crippen molar-refractivity contribution in [3.05, 3.63) is 103 Å².